The second kappa shape index (κ2) is 6.00. The van der Waals surface area contributed by atoms with Crippen LogP contribution in [0.3, 0.4) is 0 Å². The van der Waals surface area contributed by atoms with E-state index in [2.05, 4.69) is 6.58 Å². The first-order valence-corrected chi connectivity index (χ1v) is 4.07. The highest BCUT2D eigenvalue weighted by Gasteiger charge is 1.84. The lowest BCUT2D eigenvalue weighted by Crippen LogP contribution is -2.02. The molecule has 9 heavy (non-hydrogen) atoms. The first-order chi connectivity index (χ1) is 4.27. The molecule has 0 aliphatic carbocycles. The van der Waals surface area contributed by atoms with Gasteiger partial charge < -0.3 is 9.47 Å². The van der Waals surface area contributed by atoms with E-state index >= 15 is 0 Å². The lowest BCUT2D eigenvalue weighted by molar-refractivity contribution is -0.0397. The summed E-state index contributed by atoms with van der Waals surface area (Å²) in [5, 5.41) is 1.16. The van der Waals surface area contributed by atoms with Gasteiger partial charge in [-0.05, 0) is 6.92 Å². The van der Waals surface area contributed by atoms with Crippen LogP contribution in [-0.4, -0.2) is 30.2 Å². The van der Waals surface area contributed by atoms with Gasteiger partial charge in [0.1, 0.15) is 6.79 Å². The highest BCUT2D eigenvalue weighted by Crippen LogP contribution is 1.83. The Bertz CT molecular complexity index is 83.1. The summed E-state index contributed by atoms with van der Waals surface area (Å²) >= 11 is 0. The second-order valence-electron chi connectivity index (χ2n) is 1.92. The standard InChI is InChI=1S/C6H14O2Si/c1-3-7-5-8-4-6(2)9/h2-5H2,1,9H3. The molecule has 0 amide bonds. The smallest absolute Gasteiger partial charge is 0.147 e. The van der Waals surface area contributed by atoms with Crippen molar-refractivity contribution in [2.24, 2.45) is 0 Å². The van der Waals surface area contributed by atoms with Crippen LogP contribution in [0.15, 0.2) is 11.8 Å². The molecular formula is C6H14O2Si. The summed E-state index contributed by atoms with van der Waals surface area (Å²) in [5.41, 5.74) is 0. The minimum absolute atomic E-state index is 0.401. The Morgan fingerprint density at radius 2 is 2.22 bits per heavy atom. The fourth-order valence-corrected chi connectivity index (χ4v) is 0.562. The molecule has 0 N–H and O–H groups in total. The Kier molecular flexibility index (Phi) is 5.92. The predicted octanol–water partition coefficient (Wildman–Crippen LogP) is -0.124. The zero-order chi connectivity index (χ0) is 7.11. The van der Waals surface area contributed by atoms with Crippen LogP contribution in [0, 0.1) is 0 Å². The molecule has 2 nitrogen and oxygen atoms in total. The zero-order valence-electron chi connectivity index (χ0n) is 6.14. The van der Waals surface area contributed by atoms with Gasteiger partial charge in [-0.2, -0.15) is 0 Å². The summed E-state index contributed by atoms with van der Waals surface area (Å²) < 4.78 is 9.98. The molecule has 0 aliphatic rings. The largest absolute Gasteiger partial charge is 0.356 e. The third kappa shape index (κ3) is 7.88. The minimum atomic E-state index is 0.401. The van der Waals surface area contributed by atoms with Crippen LogP contribution >= 0.6 is 0 Å². The van der Waals surface area contributed by atoms with E-state index in [0.29, 0.717) is 20.0 Å². The maximum Gasteiger partial charge on any atom is 0.147 e. The Balaban J connectivity index is 2.83. The summed E-state index contributed by atoms with van der Waals surface area (Å²) in [6, 6.07) is 0. The molecule has 0 fully saturated rings. The third-order valence-electron chi connectivity index (χ3n) is 0.719. The Hall–Kier alpha value is -0.123. The summed E-state index contributed by atoms with van der Waals surface area (Å²) in [5.74, 6) is 0. The Morgan fingerprint density at radius 1 is 1.56 bits per heavy atom. The SMILES string of the molecule is C=C([SiH3])COCOCC. The van der Waals surface area contributed by atoms with Crippen molar-refractivity contribution < 1.29 is 9.47 Å². The van der Waals surface area contributed by atoms with E-state index in [-0.39, 0.29) is 0 Å². The van der Waals surface area contributed by atoms with Crippen LogP contribution in [-0.2, 0) is 9.47 Å². The molecule has 0 atom stereocenters. The quantitative estimate of drug-likeness (QED) is 0.306. The van der Waals surface area contributed by atoms with Crippen LogP contribution in [0.4, 0.5) is 0 Å². The monoisotopic (exact) mass is 146 g/mol. The molecule has 0 unspecified atom stereocenters. The van der Waals surface area contributed by atoms with E-state index in [1.165, 1.54) is 0 Å². The van der Waals surface area contributed by atoms with Gasteiger partial charge in [0, 0.05) is 16.8 Å². The molecule has 0 aliphatic heterocycles. The molecule has 0 aromatic rings. The summed E-state index contributed by atoms with van der Waals surface area (Å²) in [6.45, 7) is 7.45. The van der Waals surface area contributed by atoms with Crippen molar-refractivity contribution in [2.45, 2.75) is 6.92 Å². The van der Waals surface area contributed by atoms with Crippen molar-refractivity contribution in [1.29, 1.82) is 0 Å². The predicted molar refractivity (Wildman–Crippen MR) is 41.5 cm³/mol. The molecule has 0 heterocycles. The van der Waals surface area contributed by atoms with Gasteiger partial charge >= 0.3 is 0 Å². The van der Waals surface area contributed by atoms with Gasteiger partial charge in [-0.15, -0.1) is 6.58 Å². The molecule has 0 radical (unpaired) electrons. The van der Waals surface area contributed by atoms with Gasteiger partial charge in [-0.1, -0.05) is 5.20 Å². The van der Waals surface area contributed by atoms with Gasteiger partial charge in [0.05, 0.1) is 6.61 Å². The van der Waals surface area contributed by atoms with Gasteiger partial charge in [0.25, 0.3) is 0 Å². The van der Waals surface area contributed by atoms with Crippen LogP contribution in [0.1, 0.15) is 6.92 Å². The normalized spacial score (nSPS) is 9.89. The number of rotatable bonds is 5. The minimum Gasteiger partial charge on any atom is -0.356 e. The van der Waals surface area contributed by atoms with Crippen molar-refractivity contribution in [2.75, 3.05) is 20.0 Å². The lowest BCUT2D eigenvalue weighted by Gasteiger charge is -2.01. The summed E-state index contributed by atoms with van der Waals surface area (Å²) in [6.07, 6.45) is 0. The van der Waals surface area contributed by atoms with Crippen molar-refractivity contribution in [3.8, 4) is 0 Å². The molecule has 0 saturated carbocycles. The molecule has 0 bridgehead atoms. The van der Waals surface area contributed by atoms with Crippen LogP contribution in [0.25, 0.3) is 0 Å². The number of hydrogen-bond donors (Lipinski definition) is 0. The zero-order valence-corrected chi connectivity index (χ0v) is 8.14. The highest BCUT2D eigenvalue weighted by atomic mass is 28.1. The third-order valence-corrected chi connectivity index (χ3v) is 1.01. The first-order valence-electron chi connectivity index (χ1n) is 3.07. The van der Waals surface area contributed by atoms with Crippen LogP contribution < -0.4 is 0 Å². The van der Waals surface area contributed by atoms with Crippen molar-refractivity contribution in [3.05, 3.63) is 11.8 Å². The van der Waals surface area contributed by atoms with E-state index in [1.54, 1.807) is 0 Å². The topological polar surface area (TPSA) is 18.5 Å². The van der Waals surface area contributed by atoms with Crippen LogP contribution in [0.5, 0.6) is 0 Å². The Labute approximate surface area is 59.3 Å². The van der Waals surface area contributed by atoms with Crippen molar-refractivity contribution in [1.82, 2.24) is 0 Å². The molecule has 0 aromatic carbocycles. The maximum atomic E-state index is 5.05. The lowest BCUT2D eigenvalue weighted by atomic mass is 10.7. The molecule has 3 heteroatoms. The number of ether oxygens (including phenoxy) is 2. The number of hydrogen-bond acceptors (Lipinski definition) is 2. The van der Waals surface area contributed by atoms with E-state index in [1.807, 2.05) is 6.92 Å². The highest BCUT2D eigenvalue weighted by molar-refractivity contribution is 6.21. The second-order valence-corrected chi connectivity index (χ2v) is 3.33. The summed E-state index contributed by atoms with van der Waals surface area (Å²) in [7, 11) is 1.01. The molecule has 0 rings (SSSR count). The van der Waals surface area contributed by atoms with Gasteiger partial charge in [0.2, 0.25) is 0 Å². The molecular weight excluding hydrogens is 132 g/mol. The van der Waals surface area contributed by atoms with Gasteiger partial charge in [0.15, 0.2) is 0 Å². The van der Waals surface area contributed by atoms with Gasteiger partial charge in [-0.3, -0.25) is 0 Å². The molecule has 0 saturated heterocycles. The molecule has 0 aromatic heterocycles. The van der Waals surface area contributed by atoms with Crippen molar-refractivity contribution in [3.63, 3.8) is 0 Å². The average molecular weight is 146 g/mol. The molecule has 0 spiro atoms. The summed E-state index contributed by atoms with van der Waals surface area (Å²) in [4.78, 5) is 0. The van der Waals surface area contributed by atoms with Crippen LogP contribution in [0.2, 0.25) is 0 Å². The fourth-order valence-electron chi connectivity index (χ4n) is 0.358. The van der Waals surface area contributed by atoms with E-state index in [9.17, 15) is 0 Å². The molecule has 54 valence electrons. The van der Waals surface area contributed by atoms with E-state index in [4.69, 9.17) is 9.47 Å². The van der Waals surface area contributed by atoms with E-state index in [0.717, 1.165) is 15.4 Å². The van der Waals surface area contributed by atoms with Gasteiger partial charge in [-0.25, -0.2) is 0 Å². The fraction of sp³-hybridized carbons (Fsp3) is 0.667. The Morgan fingerprint density at radius 3 is 2.67 bits per heavy atom. The van der Waals surface area contributed by atoms with E-state index < -0.39 is 0 Å². The average Bonchev–Trinajstić information content (AvgIpc) is 1.80. The first kappa shape index (κ1) is 8.88. The maximum absolute atomic E-state index is 5.05. The van der Waals surface area contributed by atoms with Crippen molar-refractivity contribution >= 4 is 10.2 Å².